The topological polar surface area (TPSA) is 139 Å². The molecule has 1 aliphatic rings. The molecule has 0 radical (unpaired) electrons. The van der Waals surface area contributed by atoms with E-state index in [9.17, 15) is 30.1 Å². The van der Waals surface area contributed by atoms with Gasteiger partial charge >= 0.3 is 5.69 Å². The molecule has 3 rings (SSSR count). The molecule has 0 bridgehead atoms. The van der Waals surface area contributed by atoms with Gasteiger partial charge in [0.05, 0.1) is 23.0 Å². The van der Waals surface area contributed by atoms with E-state index in [0.29, 0.717) is 6.54 Å². The maximum atomic E-state index is 12.8. The van der Waals surface area contributed by atoms with E-state index in [4.69, 9.17) is 0 Å². The Labute approximate surface area is 166 Å². The normalized spacial score (nSPS) is 13.0. The Balaban J connectivity index is 1.93. The Bertz CT molecular complexity index is 991. The average Bonchev–Trinajstić information content (AvgIpc) is 2.70. The van der Waals surface area contributed by atoms with Gasteiger partial charge in [-0.3, -0.25) is 25.0 Å². The molecule has 2 aromatic rings. The van der Waals surface area contributed by atoms with Gasteiger partial charge in [0.15, 0.2) is 5.69 Å². The largest absolute Gasteiger partial charge is 0.392 e. The van der Waals surface area contributed by atoms with Crippen molar-refractivity contribution < 1.29 is 19.7 Å². The van der Waals surface area contributed by atoms with Crippen molar-refractivity contribution >= 4 is 28.7 Å². The summed E-state index contributed by atoms with van der Waals surface area (Å²) in [6.45, 7) is 0.997. The number of hydrogen-bond donors (Lipinski definition) is 2. The van der Waals surface area contributed by atoms with Crippen LogP contribution in [0.3, 0.4) is 0 Å². The smallest absolute Gasteiger partial charge is 0.302 e. The maximum Gasteiger partial charge on any atom is 0.302 e. The summed E-state index contributed by atoms with van der Waals surface area (Å²) in [6.07, 6.45) is 1.64. The van der Waals surface area contributed by atoms with E-state index in [1.807, 2.05) is 24.3 Å². The van der Waals surface area contributed by atoms with E-state index in [0.717, 1.165) is 30.2 Å². The molecule has 1 heterocycles. The summed E-state index contributed by atoms with van der Waals surface area (Å²) in [5, 5.41) is 35.0. The van der Waals surface area contributed by atoms with E-state index < -0.39 is 27.8 Å². The van der Waals surface area contributed by atoms with E-state index in [1.165, 1.54) is 6.92 Å². The van der Waals surface area contributed by atoms with Gasteiger partial charge in [-0.1, -0.05) is 18.2 Å². The van der Waals surface area contributed by atoms with Crippen LogP contribution in [0.4, 0.5) is 22.7 Å². The quantitative estimate of drug-likeness (QED) is 0.561. The number of nitrogens with zero attached hydrogens (tertiary/aromatic N) is 3. The molecule has 0 saturated heterocycles. The highest BCUT2D eigenvalue weighted by molar-refractivity contribution is 5.98. The van der Waals surface area contributed by atoms with Crippen molar-refractivity contribution in [3.63, 3.8) is 0 Å². The van der Waals surface area contributed by atoms with Crippen LogP contribution in [0.5, 0.6) is 0 Å². The minimum absolute atomic E-state index is 0.0882. The van der Waals surface area contributed by atoms with Crippen LogP contribution in [0.2, 0.25) is 0 Å². The van der Waals surface area contributed by atoms with Gasteiger partial charge in [-0.15, -0.1) is 0 Å². The van der Waals surface area contributed by atoms with Crippen molar-refractivity contribution in [2.45, 2.75) is 26.4 Å². The molecule has 10 nitrogen and oxygen atoms in total. The number of nitrogens with one attached hydrogen (secondary N) is 1. The lowest BCUT2D eigenvalue weighted by atomic mass is 10.0. The summed E-state index contributed by atoms with van der Waals surface area (Å²) in [7, 11) is 0. The highest BCUT2D eigenvalue weighted by atomic mass is 16.6. The van der Waals surface area contributed by atoms with Crippen molar-refractivity contribution in [3.05, 3.63) is 67.3 Å². The second-order valence-corrected chi connectivity index (χ2v) is 6.71. The van der Waals surface area contributed by atoms with Crippen LogP contribution in [-0.2, 0) is 17.8 Å². The maximum absolute atomic E-state index is 12.8. The number of carbonyl (C=O) groups excluding carboxylic acids is 1. The molecular weight excluding hydrogens is 380 g/mol. The Morgan fingerprint density at radius 3 is 2.62 bits per heavy atom. The van der Waals surface area contributed by atoms with Crippen LogP contribution < -0.4 is 10.2 Å². The minimum atomic E-state index is -0.769. The first-order chi connectivity index (χ1) is 13.8. The Hall–Kier alpha value is -3.53. The number of fused-ring (bicyclic) bond motifs is 1. The number of aryl methyl sites for hydroxylation is 1. The number of anilines is 2. The van der Waals surface area contributed by atoms with Crippen molar-refractivity contribution in [2.24, 2.45) is 0 Å². The van der Waals surface area contributed by atoms with Gasteiger partial charge in [0.2, 0.25) is 5.91 Å². The number of hydrogen-bond acceptors (Lipinski definition) is 7. The molecule has 0 saturated carbocycles. The van der Waals surface area contributed by atoms with Crippen molar-refractivity contribution in [2.75, 3.05) is 23.3 Å². The van der Waals surface area contributed by atoms with Crippen molar-refractivity contribution in [3.8, 4) is 0 Å². The zero-order valence-corrected chi connectivity index (χ0v) is 15.8. The summed E-state index contributed by atoms with van der Waals surface area (Å²) < 4.78 is 0. The predicted octanol–water partition coefficient (Wildman–Crippen LogP) is 2.70. The molecular formula is C19H20N4O6. The van der Waals surface area contributed by atoms with E-state index >= 15 is 0 Å². The lowest BCUT2D eigenvalue weighted by Crippen LogP contribution is -2.39. The first-order valence-electron chi connectivity index (χ1n) is 9.03. The van der Waals surface area contributed by atoms with E-state index in [1.54, 1.807) is 4.90 Å². The second-order valence-electron chi connectivity index (χ2n) is 6.71. The third-order valence-corrected chi connectivity index (χ3v) is 5.02. The summed E-state index contributed by atoms with van der Waals surface area (Å²) in [5.41, 5.74) is 0.599. The first-order valence-corrected chi connectivity index (χ1v) is 9.03. The van der Waals surface area contributed by atoms with Gasteiger partial charge in [-0.05, 0) is 37.0 Å². The highest BCUT2D eigenvalue weighted by Crippen LogP contribution is 2.39. The molecule has 1 amide bonds. The highest BCUT2D eigenvalue weighted by Gasteiger charge is 2.31. The molecule has 2 aromatic carbocycles. The van der Waals surface area contributed by atoms with Crippen LogP contribution in [0, 0.1) is 27.2 Å². The number of amides is 1. The van der Waals surface area contributed by atoms with Crippen LogP contribution >= 0.6 is 0 Å². The SMILES string of the molecule is Cc1c(CO)cc([N+](=O)[O-])c(NCC(=O)N2CCCc3ccccc32)c1[N+](=O)[O-]. The molecule has 0 atom stereocenters. The van der Waals surface area contributed by atoms with Crippen LogP contribution in [0.15, 0.2) is 30.3 Å². The fraction of sp³-hybridized carbons (Fsp3) is 0.316. The van der Waals surface area contributed by atoms with Crippen molar-refractivity contribution in [1.29, 1.82) is 0 Å². The number of aliphatic hydroxyl groups is 1. The molecule has 10 heteroatoms. The molecule has 0 fully saturated rings. The molecule has 29 heavy (non-hydrogen) atoms. The average molecular weight is 400 g/mol. The number of nitro benzene ring substituents is 2. The molecule has 0 aromatic heterocycles. The Kier molecular flexibility index (Phi) is 5.74. The molecule has 0 aliphatic carbocycles. The van der Waals surface area contributed by atoms with Gasteiger partial charge in [0.25, 0.3) is 5.69 Å². The van der Waals surface area contributed by atoms with Gasteiger partial charge in [0.1, 0.15) is 0 Å². The number of aliphatic hydroxyl groups excluding tert-OH is 1. The predicted molar refractivity (Wildman–Crippen MR) is 106 cm³/mol. The standard InChI is InChI=1S/C19H20N4O6/c1-12-14(11-24)9-16(22(26)27)18(19(12)23(28)29)20-10-17(25)21-8-4-6-13-5-2-3-7-15(13)21/h2-3,5,7,9,20,24H,4,6,8,10-11H2,1H3. The molecule has 152 valence electrons. The number of carbonyl (C=O) groups is 1. The number of benzene rings is 2. The van der Waals surface area contributed by atoms with Crippen LogP contribution in [0.1, 0.15) is 23.1 Å². The summed E-state index contributed by atoms with van der Waals surface area (Å²) in [5.74, 6) is -0.343. The lowest BCUT2D eigenvalue weighted by Gasteiger charge is -2.29. The number of rotatable bonds is 6. The summed E-state index contributed by atoms with van der Waals surface area (Å²) in [6, 6.07) is 8.57. The Morgan fingerprint density at radius 1 is 1.24 bits per heavy atom. The van der Waals surface area contributed by atoms with Crippen LogP contribution in [-0.4, -0.2) is 33.9 Å². The van der Waals surface area contributed by atoms with Gasteiger partial charge in [-0.25, -0.2) is 0 Å². The minimum Gasteiger partial charge on any atom is -0.392 e. The van der Waals surface area contributed by atoms with Crippen molar-refractivity contribution in [1.82, 2.24) is 0 Å². The van der Waals surface area contributed by atoms with E-state index in [2.05, 4.69) is 5.32 Å². The molecule has 1 aliphatic heterocycles. The zero-order chi connectivity index (χ0) is 21.1. The molecule has 2 N–H and O–H groups in total. The second kappa shape index (κ2) is 8.23. The third kappa shape index (κ3) is 3.87. The van der Waals surface area contributed by atoms with Crippen LogP contribution in [0.25, 0.3) is 0 Å². The Morgan fingerprint density at radius 2 is 1.97 bits per heavy atom. The summed E-state index contributed by atoms with van der Waals surface area (Å²) >= 11 is 0. The van der Waals surface area contributed by atoms with Gasteiger partial charge in [-0.2, -0.15) is 0 Å². The number of nitro groups is 2. The molecule has 0 unspecified atom stereocenters. The molecule has 0 spiro atoms. The van der Waals surface area contributed by atoms with Gasteiger partial charge in [0, 0.05) is 23.9 Å². The fourth-order valence-corrected chi connectivity index (χ4v) is 3.57. The first kappa shape index (κ1) is 20.2. The lowest BCUT2D eigenvalue weighted by molar-refractivity contribution is -0.392. The third-order valence-electron chi connectivity index (χ3n) is 5.02. The van der Waals surface area contributed by atoms with E-state index in [-0.39, 0.29) is 29.3 Å². The fourth-order valence-electron chi connectivity index (χ4n) is 3.57. The monoisotopic (exact) mass is 400 g/mol. The zero-order valence-electron chi connectivity index (χ0n) is 15.8. The summed E-state index contributed by atoms with van der Waals surface area (Å²) in [4.78, 5) is 35.9. The number of para-hydroxylation sites is 1. The van der Waals surface area contributed by atoms with Gasteiger partial charge < -0.3 is 15.3 Å².